The molecular formula is C20H22N4. The van der Waals surface area contributed by atoms with Crippen LogP contribution in [0.2, 0.25) is 0 Å². The molecule has 24 heavy (non-hydrogen) atoms. The molecule has 0 heterocycles. The fourth-order valence-corrected chi connectivity index (χ4v) is 2.87. The van der Waals surface area contributed by atoms with Crippen molar-refractivity contribution < 1.29 is 0 Å². The van der Waals surface area contributed by atoms with Gasteiger partial charge in [-0.05, 0) is 36.1 Å². The van der Waals surface area contributed by atoms with Crippen molar-refractivity contribution in [1.29, 1.82) is 5.26 Å². The summed E-state index contributed by atoms with van der Waals surface area (Å²) in [4.78, 5) is 4.30. The maximum Gasteiger partial charge on any atom is 0.191 e. The van der Waals surface area contributed by atoms with Gasteiger partial charge in [-0.1, -0.05) is 42.5 Å². The Hall–Kier alpha value is -2.80. The van der Waals surface area contributed by atoms with Crippen molar-refractivity contribution in [2.24, 2.45) is 4.99 Å². The number of nitrogens with one attached hydrogen (secondary N) is 2. The predicted octanol–water partition coefficient (Wildman–Crippen LogP) is 2.96. The molecule has 0 aliphatic heterocycles. The molecule has 1 saturated carbocycles. The van der Waals surface area contributed by atoms with Crippen molar-refractivity contribution in [3.63, 3.8) is 0 Å². The molecule has 0 aromatic heterocycles. The van der Waals surface area contributed by atoms with Crippen molar-refractivity contribution in [2.75, 3.05) is 13.6 Å². The normalized spacial score (nSPS) is 15.4. The van der Waals surface area contributed by atoms with Crippen molar-refractivity contribution in [3.05, 3.63) is 71.3 Å². The van der Waals surface area contributed by atoms with Gasteiger partial charge in [-0.3, -0.25) is 4.99 Å². The molecule has 4 nitrogen and oxygen atoms in total. The van der Waals surface area contributed by atoms with Crippen molar-refractivity contribution in [2.45, 2.75) is 24.8 Å². The van der Waals surface area contributed by atoms with E-state index in [1.54, 1.807) is 7.05 Å². The van der Waals surface area contributed by atoms with Gasteiger partial charge < -0.3 is 10.6 Å². The third-order valence-corrected chi connectivity index (χ3v) is 4.60. The van der Waals surface area contributed by atoms with E-state index in [9.17, 15) is 0 Å². The minimum absolute atomic E-state index is 0.257. The largest absolute Gasteiger partial charge is 0.356 e. The molecule has 2 aromatic carbocycles. The Bertz CT molecular complexity index is 737. The Morgan fingerprint density at radius 3 is 2.38 bits per heavy atom. The fraction of sp³-hybridized carbons (Fsp3) is 0.300. The molecule has 0 spiro atoms. The third kappa shape index (κ3) is 3.75. The number of benzene rings is 2. The maximum absolute atomic E-state index is 8.84. The van der Waals surface area contributed by atoms with Gasteiger partial charge in [-0.25, -0.2) is 0 Å². The van der Waals surface area contributed by atoms with Crippen LogP contribution < -0.4 is 10.6 Å². The molecule has 4 heteroatoms. The summed E-state index contributed by atoms with van der Waals surface area (Å²) in [5.74, 6) is 0.807. The minimum Gasteiger partial charge on any atom is -0.356 e. The molecule has 0 unspecified atom stereocenters. The average Bonchev–Trinajstić information content (AvgIpc) is 3.44. The number of nitrogens with zero attached hydrogens (tertiary/aromatic N) is 2. The monoisotopic (exact) mass is 318 g/mol. The van der Waals surface area contributed by atoms with Crippen LogP contribution in [0.3, 0.4) is 0 Å². The zero-order chi connectivity index (χ0) is 16.8. The first-order valence-corrected chi connectivity index (χ1v) is 8.25. The van der Waals surface area contributed by atoms with E-state index in [1.807, 2.05) is 24.3 Å². The van der Waals surface area contributed by atoms with Gasteiger partial charge in [0.25, 0.3) is 0 Å². The molecule has 0 saturated heterocycles. The van der Waals surface area contributed by atoms with Gasteiger partial charge in [0, 0.05) is 25.6 Å². The maximum atomic E-state index is 8.84. The smallest absolute Gasteiger partial charge is 0.191 e. The third-order valence-electron chi connectivity index (χ3n) is 4.60. The molecule has 122 valence electrons. The second-order valence-electron chi connectivity index (χ2n) is 6.23. The van der Waals surface area contributed by atoms with Gasteiger partial charge in [0.2, 0.25) is 0 Å². The van der Waals surface area contributed by atoms with E-state index in [2.05, 4.69) is 52.0 Å². The molecule has 2 aromatic rings. The number of rotatable bonds is 5. The molecule has 1 aliphatic carbocycles. The van der Waals surface area contributed by atoms with E-state index >= 15 is 0 Å². The van der Waals surface area contributed by atoms with Gasteiger partial charge in [0.05, 0.1) is 11.6 Å². The van der Waals surface area contributed by atoms with Crippen molar-refractivity contribution in [1.82, 2.24) is 10.6 Å². The molecule has 0 bridgehead atoms. The van der Waals surface area contributed by atoms with Crippen LogP contribution in [0.5, 0.6) is 0 Å². The summed E-state index contributed by atoms with van der Waals surface area (Å²) in [5.41, 5.74) is 3.47. The highest BCUT2D eigenvalue weighted by Gasteiger charge is 2.43. The Morgan fingerprint density at radius 1 is 1.08 bits per heavy atom. The van der Waals surface area contributed by atoms with Crippen LogP contribution >= 0.6 is 0 Å². The lowest BCUT2D eigenvalue weighted by Crippen LogP contribution is -2.40. The summed E-state index contributed by atoms with van der Waals surface area (Å²) >= 11 is 0. The lowest BCUT2D eigenvalue weighted by atomic mass is 9.96. The zero-order valence-corrected chi connectivity index (χ0v) is 13.9. The van der Waals surface area contributed by atoms with Crippen LogP contribution in [-0.4, -0.2) is 19.6 Å². The summed E-state index contributed by atoms with van der Waals surface area (Å²) in [7, 11) is 1.79. The SMILES string of the molecule is CN=C(NCc1ccc(C#N)cc1)NCC1(c2ccccc2)CC1. The summed E-state index contributed by atoms with van der Waals surface area (Å²) in [6, 6.07) is 20.4. The molecular weight excluding hydrogens is 296 g/mol. The fourth-order valence-electron chi connectivity index (χ4n) is 2.87. The lowest BCUT2D eigenvalue weighted by Gasteiger charge is -2.19. The van der Waals surface area contributed by atoms with Crippen LogP contribution in [0.4, 0.5) is 0 Å². The van der Waals surface area contributed by atoms with Gasteiger partial charge in [0.1, 0.15) is 0 Å². The van der Waals surface area contributed by atoms with Gasteiger partial charge in [0.15, 0.2) is 5.96 Å². The second kappa shape index (κ2) is 7.18. The van der Waals surface area contributed by atoms with E-state index in [1.165, 1.54) is 18.4 Å². The zero-order valence-electron chi connectivity index (χ0n) is 13.9. The minimum atomic E-state index is 0.257. The van der Waals surface area contributed by atoms with Gasteiger partial charge in [-0.15, -0.1) is 0 Å². The van der Waals surface area contributed by atoms with E-state index in [-0.39, 0.29) is 5.41 Å². The second-order valence-corrected chi connectivity index (χ2v) is 6.23. The summed E-state index contributed by atoms with van der Waals surface area (Å²) in [6.07, 6.45) is 2.44. The van der Waals surface area contributed by atoms with Crippen molar-refractivity contribution >= 4 is 5.96 Å². The Kier molecular flexibility index (Phi) is 4.81. The van der Waals surface area contributed by atoms with Gasteiger partial charge >= 0.3 is 0 Å². The van der Waals surface area contributed by atoms with E-state index < -0.39 is 0 Å². The van der Waals surface area contributed by atoms with Gasteiger partial charge in [-0.2, -0.15) is 5.26 Å². The quantitative estimate of drug-likeness (QED) is 0.658. The van der Waals surface area contributed by atoms with E-state index in [0.717, 1.165) is 18.1 Å². The standard InChI is InChI=1S/C20H22N4/c1-22-19(23-14-17-9-7-16(13-21)8-10-17)24-15-20(11-12-20)18-5-3-2-4-6-18/h2-10H,11-12,14-15H2,1H3,(H2,22,23,24). The number of aliphatic imine (C=N–C) groups is 1. The Labute approximate surface area is 143 Å². The molecule has 2 N–H and O–H groups in total. The molecule has 0 radical (unpaired) electrons. The van der Waals surface area contributed by atoms with Crippen LogP contribution in [0.25, 0.3) is 0 Å². The lowest BCUT2D eigenvalue weighted by molar-refractivity contribution is 0.645. The summed E-state index contributed by atoms with van der Waals surface area (Å²) < 4.78 is 0. The van der Waals surface area contributed by atoms with E-state index in [4.69, 9.17) is 5.26 Å². The average molecular weight is 318 g/mol. The topological polar surface area (TPSA) is 60.2 Å². The molecule has 0 amide bonds. The molecule has 1 fully saturated rings. The first-order valence-electron chi connectivity index (χ1n) is 8.25. The summed E-state index contributed by atoms with van der Waals surface area (Å²) in [6.45, 7) is 1.58. The molecule has 3 rings (SSSR count). The Morgan fingerprint density at radius 2 is 1.79 bits per heavy atom. The van der Waals surface area contributed by atoms with Crippen LogP contribution in [0.15, 0.2) is 59.6 Å². The van der Waals surface area contributed by atoms with E-state index in [0.29, 0.717) is 12.1 Å². The molecule has 0 atom stereocenters. The number of nitriles is 1. The number of guanidine groups is 1. The highest BCUT2D eigenvalue weighted by Crippen LogP contribution is 2.47. The first-order chi connectivity index (χ1) is 11.8. The Balaban J connectivity index is 1.53. The van der Waals surface area contributed by atoms with Crippen LogP contribution in [0, 0.1) is 11.3 Å². The van der Waals surface area contributed by atoms with Crippen molar-refractivity contribution in [3.8, 4) is 6.07 Å². The highest BCUT2D eigenvalue weighted by atomic mass is 15.2. The number of hydrogen-bond acceptors (Lipinski definition) is 2. The highest BCUT2D eigenvalue weighted by molar-refractivity contribution is 5.79. The summed E-state index contributed by atoms with van der Waals surface area (Å²) in [5, 5.41) is 15.6. The van der Waals surface area contributed by atoms with Crippen LogP contribution in [0.1, 0.15) is 29.5 Å². The molecule has 1 aliphatic rings. The van der Waals surface area contributed by atoms with Crippen LogP contribution in [-0.2, 0) is 12.0 Å². The first kappa shape index (κ1) is 16.1. The predicted molar refractivity (Wildman–Crippen MR) is 96.7 cm³/mol. The number of hydrogen-bond donors (Lipinski definition) is 2.